The van der Waals surface area contributed by atoms with Crippen molar-refractivity contribution in [3.63, 3.8) is 0 Å². The van der Waals surface area contributed by atoms with Gasteiger partial charge in [-0.2, -0.15) is 0 Å². The van der Waals surface area contributed by atoms with Crippen LogP contribution in [0.4, 0.5) is 8.78 Å². The van der Waals surface area contributed by atoms with E-state index < -0.39 is 48.7 Å². The van der Waals surface area contributed by atoms with Crippen molar-refractivity contribution in [3.05, 3.63) is 71.3 Å². The molecular formula is C28H34F2N6O5. The summed E-state index contributed by atoms with van der Waals surface area (Å²) in [7, 11) is 1.83. The first-order valence-corrected chi connectivity index (χ1v) is 13.3. The summed E-state index contributed by atoms with van der Waals surface area (Å²) in [5.74, 6) is -0.846. The van der Waals surface area contributed by atoms with Crippen LogP contribution < -0.4 is 0 Å². The predicted molar refractivity (Wildman–Crippen MR) is 142 cm³/mol. The van der Waals surface area contributed by atoms with Crippen LogP contribution in [0.25, 0.3) is 11.3 Å². The van der Waals surface area contributed by atoms with Crippen molar-refractivity contribution < 1.29 is 33.0 Å². The Labute approximate surface area is 235 Å². The van der Waals surface area contributed by atoms with Crippen molar-refractivity contribution in [3.8, 4) is 11.3 Å². The Morgan fingerprint density at radius 1 is 1.15 bits per heavy atom. The van der Waals surface area contributed by atoms with Gasteiger partial charge in [-0.15, -0.1) is 5.10 Å². The quantitative estimate of drug-likeness (QED) is 0.327. The molecule has 5 atom stereocenters. The summed E-state index contributed by atoms with van der Waals surface area (Å²) in [6.45, 7) is 7.11. The van der Waals surface area contributed by atoms with Crippen molar-refractivity contribution in [2.24, 2.45) is 7.05 Å². The summed E-state index contributed by atoms with van der Waals surface area (Å²) in [6, 6.07) is 3.80. The predicted octanol–water partition coefficient (Wildman–Crippen LogP) is 3.04. The highest BCUT2D eigenvalue weighted by atomic mass is 19.2. The number of halogens is 2. The van der Waals surface area contributed by atoms with Crippen LogP contribution in [0.2, 0.25) is 0 Å². The Morgan fingerprint density at radius 2 is 1.93 bits per heavy atom. The van der Waals surface area contributed by atoms with E-state index in [0.717, 1.165) is 5.69 Å². The maximum Gasteiger partial charge on any atom is 0.168 e. The molecular weight excluding hydrogens is 538 g/mol. The molecule has 0 saturated carbocycles. The molecule has 13 heteroatoms. The van der Waals surface area contributed by atoms with E-state index in [2.05, 4.69) is 20.5 Å². The first-order valence-electron chi connectivity index (χ1n) is 13.3. The molecule has 0 unspecified atom stereocenters. The van der Waals surface area contributed by atoms with Gasteiger partial charge in [-0.3, -0.25) is 0 Å². The highest BCUT2D eigenvalue weighted by molar-refractivity contribution is 5.59. The summed E-state index contributed by atoms with van der Waals surface area (Å²) < 4.78 is 50.3. The molecule has 1 saturated heterocycles. The molecule has 11 nitrogen and oxygen atoms in total. The Morgan fingerprint density at radius 3 is 2.59 bits per heavy atom. The molecule has 0 aliphatic carbocycles. The number of ether oxygens (including phenoxy) is 2. The van der Waals surface area contributed by atoms with Gasteiger partial charge in [-0.05, 0) is 18.6 Å². The van der Waals surface area contributed by atoms with Crippen LogP contribution in [-0.2, 0) is 35.0 Å². The topological polar surface area (TPSA) is 133 Å². The lowest BCUT2D eigenvalue weighted by molar-refractivity contribution is -0.222. The minimum Gasteiger partial charge on any atom is -0.394 e. The standard InChI is InChI=1S/C28H34F2N6O5/c1-15-6-7-17(24(30)23(15)29)18-12-36(34-32-18)25-26(38)20(13-37)40-19(10-16-11-21(33-41-16)28(2,3)4)27(25)39-14-22-31-8-9-35(22)5/h6-9,11-12,19-20,25-27,37-38H,10,13-14H2,1-5H3/t19-,20-,25+,26+,27+/m1/s1. The van der Waals surface area contributed by atoms with Crippen LogP contribution in [0.1, 0.15) is 49.7 Å². The van der Waals surface area contributed by atoms with Crippen LogP contribution in [0.5, 0.6) is 0 Å². The van der Waals surface area contributed by atoms with Crippen molar-refractivity contribution in [2.75, 3.05) is 6.61 Å². The average Bonchev–Trinajstić information content (AvgIpc) is 3.69. The fraction of sp³-hybridized carbons (Fsp3) is 0.500. The molecule has 0 amide bonds. The number of imidazole rings is 1. The lowest BCUT2D eigenvalue weighted by Gasteiger charge is -2.44. The van der Waals surface area contributed by atoms with Crippen molar-refractivity contribution in [1.82, 2.24) is 29.7 Å². The smallest absolute Gasteiger partial charge is 0.168 e. The third-order valence-electron chi connectivity index (χ3n) is 7.39. The molecule has 4 aromatic rings. The van der Waals surface area contributed by atoms with Gasteiger partial charge >= 0.3 is 0 Å². The van der Waals surface area contributed by atoms with E-state index in [0.29, 0.717) is 11.6 Å². The van der Waals surface area contributed by atoms with Crippen molar-refractivity contribution in [1.29, 1.82) is 0 Å². The van der Waals surface area contributed by atoms with E-state index in [1.54, 1.807) is 17.0 Å². The molecule has 220 valence electrons. The van der Waals surface area contributed by atoms with Crippen LogP contribution in [0.15, 0.2) is 41.3 Å². The fourth-order valence-electron chi connectivity index (χ4n) is 4.90. The summed E-state index contributed by atoms with van der Waals surface area (Å²) in [6.07, 6.45) is 1.21. The largest absolute Gasteiger partial charge is 0.394 e. The maximum atomic E-state index is 14.8. The van der Waals surface area contributed by atoms with Crippen LogP contribution >= 0.6 is 0 Å². The minimum atomic E-state index is -1.28. The maximum absolute atomic E-state index is 14.8. The minimum absolute atomic E-state index is 0.0713. The lowest BCUT2D eigenvalue weighted by Crippen LogP contribution is -2.57. The van der Waals surface area contributed by atoms with E-state index in [4.69, 9.17) is 14.0 Å². The molecule has 0 radical (unpaired) electrons. The monoisotopic (exact) mass is 572 g/mol. The van der Waals surface area contributed by atoms with Crippen molar-refractivity contribution >= 4 is 0 Å². The molecule has 5 rings (SSSR count). The number of aryl methyl sites for hydroxylation is 2. The molecule has 1 aliphatic heterocycles. The normalized spacial score (nSPS) is 23.3. The van der Waals surface area contributed by atoms with Gasteiger partial charge in [-0.25, -0.2) is 18.4 Å². The van der Waals surface area contributed by atoms with Crippen molar-refractivity contribution in [2.45, 2.75) is 76.6 Å². The van der Waals surface area contributed by atoms with E-state index in [1.807, 2.05) is 33.9 Å². The molecule has 4 heterocycles. The number of rotatable bonds is 8. The van der Waals surface area contributed by atoms with Gasteiger partial charge in [0.1, 0.15) is 48.2 Å². The zero-order valence-electron chi connectivity index (χ0n) is 23.5. The first kappa shape index (κ1) is 29.0. The first-order chi connectivity index (χ1) is 19.5. The van der Waals surface area contributed by atoms with Crippen LogP contribution in [0.3, 0.4) is 0 Å². The summed E-state index contributed by atoms with van der Waals surface area (Å²) in [5, 5.41) is 33.8. The number of benzene rings is 1. The van der Waals surface area contributed by atoms with E-state index in [-0.39, 0.29) is 35.3 Å². The summed E-state index contributed by atoms with van der Waals surface area (Å²) in [4.78, 5) is 4.31. The Bertz CT molecular complexity index is 1500. The second kappa shape index (κ2) is 11.4. The van der Waals surface area contributed by atoms with Gasteiger partial charge in [-0.1, -0.05) is 37.2 Å². The number of aliphatic hydroxyl groups is 2. The molecule has 2 N–H and O–H groups in total. The molecule has 1 fully saturated rings. The molecule has 0 bridgehead atoms. The van der Waals surface area contributed by atoms with Crippen LogP contribution in [-0.4, -0.2) is 70.9 Å². The fourth-order valence-corrected chi connectivity index (χ4v) is 4.90. The van der Waals surface area contributed by atoms with Gasteiger partial charge < -0.3 is 28.8 Å². The van der Waals surface area contributed by atoms with Crippen LogP contribution in [0, 0.1) is 18.6 Å². The Balaban J connectivity index is 1.51. The van der Waals surface area contributed by atoms with Gasteiger partial charge in [0.2, 0.25) is 0 Å². The average molecular weight is 573 g/mol. The number of hydrogen-bond donors (Lipinski definition) is 2. The number of nitrogens with zero attached hydrogens (tertiary/aromatic N) is 6. The Kier molecular flexibility index (Phi) is 8.06. The second-order valence-electron chi connectivity index (χ2n) is 11.4. The van der Waals surface area contributed by atoms with Gasteiger partial charge in [0.25, 0.3) is 0 Å². The SMILES string of the molecule is Cc1ccc(-c2cn([C@H]3[C@@H](O)[C@@H](CO)O[C@H](Cc4cc(C(C)(C)C)no4)[C@@H]3OCc3nccn3C)nn2)c(F)c1F. The van der Waals surface area contributed by atoms with E-state index >= 15 is 0 Å². The summed E-state index contributed by atoms with van der Waals surface area (Å²) in [5.41, 5.74) is 0.690. The Hall–Kier alpha value is -3.52. The molecule has 41 heavy (non-hydrogen) atoms. The third-order valence-corrected chi connectivity index (χ3v) is 7.39. The van der Waals surface area contributed by atoms with E-state index in [1.165, 1.54) is 29.9 Å². The highest BCUT2D eigenvalue weighted by Gasteiger charge is 2.48. The molecule has 1 aromatic carbocycles. The summed E-state index contributed by atoms with van der Waals surface area (Å²) >= 11 is 0. The number of aliphatic hydroxyl groups excluding tert-OH is 2. The third kappa shape index (κ3) is 5.80. The lowest BCUT2D eigenvalue weighted by atomic mass is 9.89. The van der Waals surface area contributed by atoms with Gasteiger partial charge in [0.05, 0.1) is 24.6 Å². The molecule has 0 spiro atoms. The highest BCUT2D eigenvalue weighted by Crippen LogP contribution is 2.36. The number of aromatic nitrogens is 6. The van der Waals surface area contributed by atoms with Gasteiger partial charge in [0, 0.05) is 42.9 Å². The van der Waals surface area contributed by atoms with Gasteiger partial charge in [0.15, 0.2) is 11.6 Å². The molecule has 1 aliphatic rings. The number of hydrogen-bond acceptors (Lipinski definition) is 9. The zero-order chi connectivity index (χ0) is 29.5. The zero-order valence-corrected chi connectivity index (χ0v) is 23.5. The van der Waals surface area contributed by atoms with E-state index in [9.17, 15) is 19.0 Å². The second-order valence-corrected chi connectivity index (χ2v) is 11.4. The molecule has 3 aromatic heterocycles.